The molecule has 2 aliphatic heterocycles. The first kappa shape index (κ1) is 22.8. The van der Waals surface area contributed by atoms with Crippen molar-refractivity contribution < 1.29 is 28.4 Å². The summed E-state index contributed by atoms with van der Waals surface area (Å²) in [5.41, 5.74) is 1.74. The fraction of sp³-hybridized carbons (Fsp3) is 0.440. The van der Waals surface area contributed by atoms with Crippen molar-refractivity contribution in [2.24, 2.45) is 0 Å². The summed E-state index contributed by atoms with van der Waals surface area (Å²) in [6, 6.07) is 8.68. The lowest BCUT2D eigenvalue weighted by atomic mass is 9.95. The average molecular weight is 470 g/mol. The van der Waals surface area contributed by atoms with Gasteiger partial charge in [0, 0.05) is 42.1 Å². The predicted octanol–water partition coefficient (Wildman–Crippen LogP) is 2.79. The van der Waals surface area contributed by atoms with Crippen LogP contribution in [-0.4, -0.2) is 60.3 Å². The third-order valence-electron chi connectivity index (χ3n) is 6.31. The van der Waals surface area contributed by atoms with Gasteiger partial charge in [-0.1, -0.05) is 0 Å². The summed E-state index contributed by atoms with van der Waals surface area (Å²) in [6.07, 6.45) is 2.09. The van der Waals surface area contributed by atoms with E-state index < -0.39 is 11.9 Å². The van der Waals surface area contributed by atoms with Gasteiger partial charge in [0.05, 0.1) is 43.3 Å². The molecule has 3 atom stereocenters. The minimum Gasteiger partial charge on any atom is -0.486 e. The van der Waals surface area contributed by atoms with Crippen LogP contribution in [-0.2, 0) is 17.7 Å². The highest BCUT2D eigenvalue weighted by atomic mass is 19.1. The van der Waals surface area contributed by atoms with Crippen LogP contribution >= 0.6 is 0 Å². The number of rotatable bonds is 7. The molecule has 2 aromatic heterocycles. The standard InChI is InChI=1S/C25H28FN3O5/c1-31-24-7-3-15-2-5-19(26)18(25(15)29-24)11-20(30)21-6-4-16(14-34-21)27-12-17-10-22-23(13-28-17)33-9-8-32-22/h2-3,5,7,10,13,16,20-21,27,30H,4,6,8-9,11-12,14H2,1H3/t16-,20+,21+/m1/s1. The van der Waals surface area contributed by atoms with E-state index in [0.717, 1.165) is 17.5 Å². The fourth-order valence-corrected chi connectivity index (χ4v) is 4.42. The number of aliphatic hydroxyl groups excluding tert-OH is 1. The summed E-state index contributed by atoms with van der Waals surface area (Å²) in [6.45, 7) is 2.11. The second-order valence-electron chi connectivity index (χ2n) is 8.57. The molecule has 0 amide bonds. The number of fused-ring (bicyclic) bond motifs is 2. The van der Waals surface area contributed by atoms with E-state index in [1.54, 1.807) is 18.3 Å². The van der Waals surface area contributed by atoms with Crippen LogP contribution in [0.4, 0.5) is 4.39 Å². The molecule has 0 radical (unpaired) electrons. The molecule has 8 nitrogen and oxygen atoms in total. The molecule has 2 N–H and O–H groups in total. The van der Waals surface area contributed by atoms with Crippen LogP contribution in [0.5, 0.6) is 17.4 Å². The molecule has 34 heavy (non-hydrogen) atoms. The second-order valence-corrected chi connectivity index (χ2v) is 8.57. The van der Waals surface area contributed by atoms with Crippen LogP contribution in [0.25, 0.3) is 10.9 Å². The Balaban J connectivity index is 1.16. The lowest BCUT2D eigenvalue weighted by molar-refractivity contribution is -0.0719. The number of ether oxygens (including phenoxy) is 4. The Morgan fingerprint density at radius 2 is 2.00 bits per heavy atom. The van der Waals surface area contributed by atoms with Crippen molar-refractivity contribution in [2.75, 3.05) is 26.9 Å². The molecule has 3 aromatic rings. The average Bonchev–Trinajstić information content (AvgIpc) is 2.89. The highest BCUT2D eigenvalue weighted by Crippen LogP contribution is 2.30. The largest absolute Gasteiger partial charge is 0.486 e. The monoisotopic (exact) mass is 469 g/mol. The Bertz CT molecular complexity index is 1150. The van der Waals surface area contributed by atoms with Crippen molar-refractivity contribution in [3.05, 3.63) is 53.6 Å². The normalized spacial score (nSPS) is 20.8. The van der Waals surface area contributed by atoms with E-state index in [0.29, 0.717) is 61.2 Å². The maximum atomic E-state index is 14.6. The van der Waals surface area contributed by atoms with Gasteiger partial charge in [-0.05, 0) is 31.0 Å². The minimum absolute atomic E-state index is 0.118. The first-order valence-electron chi connectivity index (χ1n) is 11.5. The number of pyridine rings is 2. The molecule has 0 unspecified atom stereocenters. The maximum absolute atomic E-state index is 14.6. The number of aromatic nitrogens is 2. The molecule has 0 saturated carbocycles. The van der Waals surface area contributed by atoms with E-state index in [4.69, 9.17) is 18.9 Å². The van der Waals surface area contributed by atoms with Gasteiger partial charge >= 0.3 is 0 Å². The summed E-state index contributed by atoms with van der Waals surface area (Å²) < 4.78 is 36.9. The van der Waals surface area contributed by atoms with Gasteiger partial charge in [0.2, 0.25) is 5.88 Å². The quantitative estimate of drug-likeness (QED) is 0.546. The first-order chi connectivity index (χ1) is 16.6. The molecule has 180 valence electrons. The van der Waals surface area contributed by atoms with Crippen LogP contribution in [0.1, 0.15) is 24.1 Å². The molecule has 1 aromatic carbocycles. The lowest BCUT2D eigenvalue weighted by Gasteiger charge is -2.32. The first-order valence-corrected chi connectivity index (χ1v) is 11.5. The van der Waals surface area contributed by atoms with Gasteiger partial charge in [0.15, 0.2) is 11.5 Å². The van der Waals surface area contributed by atoms with Crippen molar-refractivity contribution in [3.63, 3.8) is 0 Å². The van der Waals surface area contributed by atoms with E-state index in [-0.39, 0.29) is 18.6 Å². The van der Waals surface area contributed by atoms with Crippen LogP contribution in [0.2, 0.25) is 0 Å². The van der Waals surface area contributed by atoms with E-state index in [1.165, 1.54) is 13.2 Å². The Hall–Kier alpha value is -3.01. The third kappa shape index (κ3) is 4.91. The third-order valence-corrected chi connectivity index (χ3v) is 6.31. The molecule has 1 saturated heterocycles. The van der Waals surface area contributed by atoms with Gasteiger partial charge < -0.3 is 29.4 Å². The summed E-state index contributed by atoms with van der Waals surface area (Å²) in [4.78, 5) is 8.81. The molecule has 0 aliphatic carbocycles. The molecule has 5 rings (SSSR count). The Labute approximate surface area is 197 Å². The number of nitrogens with zero attached hydrogens (tertiary/aromatic N) is 2. The highest BCUT2D eigenvalue weighted by molar-refractivity contribution is 5.82. The minimum atomic E-state index is -0.839. The number of hydrogen-bond acceptors (Lipinski definition) is 8. The van der Waals surface area contributed by atoms with Gasteiger partial charge in [-0.2, -0.15) is 0 Å². The maximum Gasteiger partial charge on any atom is 0.213 e. The molecule has 4 heterocycles. The highest BCUT2D eigenvalue weighted by Gasteiger charge is 2.28. The summed E-state index contributed by atoms with van der Waals surface area (Å²) >= 11 is 0. The number of halogens is 1. The number of hydrogen-bond donors (Lipinski definition) is 2. The number of benzene rings is 1. The Morgan fingerprint density at radius 1 is 1.18 bits per heavy atom. The molecular weight excluding hydrogens is 441 g/mol. The van der Waals surface area contributed by atoms with E-state index in [1.807, 2.05) is 12.1 Å². The van der Waals surface area contributed by atoms with Gasteiger partial charge in [0.25, 0.3) is 0 Å². The molecule has 0 spiro atoms. The van der Waals surface area contributed by atoms with E-state index in [9.17, 15) is 9.50 Å². The van der Waals surface area contributed by atoms with Crippen LogP contribution in [0.15, 0.2) is 36.5 Å². The van der Waals surface area contributed by atoms with Gasteiger partial charge in [-0.25, -0.2) is 9.37 Å². The van der Waals surface area contributed by atoms with E-state index >= 15 is 0 Å². The lowest BCUT2D eigenvalue weighted by Crippen LogP contribution is -2.44. The van der Waals surface area contributed by atoms with Gasteiger partial charge in [0.1, 0.15) is 19.0 Å². The Kier molecular flexibility index (Phi) is 6.75. The summed E-state index contributed by atoms with van der Waals surface area (Å²) in [5.74, 6) is 1.40. The number of nitrogens with one attached hydrogen (secondary N) is 1. The zero-order valence-electron chi connectivity index (χ0n) is 19.0. The summed E-state index contributed by atoms with van der Waals surface area (Å²) in [7, 11) is 1.52. The topological polar surface area (TPSA) is 95.0 Å². The van der Waals surface area contributed by atoms with Crippen molar-refractivity contribution in [1.82, 2.24) is 15.3 Å². The molecule has 0 bridgehead atoms. The SMILES string of the molecule is COc1ccc2ccc(F)c(C[C@H](O)[C@@H]3CC[C@@H](NCc4cc5c(cn4)OCCO5)CO3)c2n1. The van der Waals surface area contributed by atoms with Crippen molar-refractivity contribution in [3.8, 4) is 17.4 Å². The van der Waals surface area contributed by atoms with Gasteiger partial charge in [-0.15, -0.1) is 0 Å². The molecule has 9 heteroatoms. The van der Waals surface area contributed by atoms with Crippen molar-refractivity contribution in [1.29, 1.82) is 0 Å². The summed E-state index contributed by atoms with van der Waals surface area (Å²) in [5, 5.41) is 15.1. The molecule has 1 fully saturated rings. The Morgan fingerprint density at radius 3 is 2.79 bits per heavy atom. The van der Waals surface area contributed by atoms with Crippen LogP contribution < -0.4 is 19.5 Å². The van der Waals surface area contributed by atoms with Crippen molar-refractivity contribution >= 4 is 10.9 Å². The zero-order chi connectivity index (χ0) is 23.5. The van der Waals surface area contributed by atoms with Crippen molar-refractivity contribution in [2.45, 2.75) is 44.1 Å². The fourth-order valence-electron chi connectivity index (χ4n) is 4.42. The zero-order valence-corrected chi connectivity index (χ0v) is 19.0. The number of aliphatic hydroxyl groups is 1. The predicted molar refractivity (Wildman–Crippen MR) is 123 cm³/mol. The van der Waals surface area contributed by atoms with Gasteiger partial charge in [-0.3, -0.25) is 4.98 Å². The van der Waals surface area contributed by atoms with Crippen LogP contribution in [0.3, 0.4) is 0 Å². The van der Waals surface area contributed by atoms with E-state index in [2.05, 4.69) is 15.3 Å². The molecular formula is C25H28FN3O5. The number of methoxy groups -OCH3 is 1. The molecule has 2 aliphatic rings. The second kappa shape index (κ2) is 10.1. The van der Waals surface area contributed by atoms with Crippen LogP contribution in [0, 0.1) is 5.82 Å². The smallest absolute Gasteiger partial charge is 0.213 e.